The third-order valence-corrected chi connectivity index (χ3v) is 6.19. The van der Waals surface area contributed by atoms with E-state index in [4.69, 9.17) is 0 Å². The van der Waals surface area contributed by atoms with Gasteiger partial charge in [-0.3, -0.25) is 13.9 Å². The molecule has 7 nitrogen and oxygen atoms in total. The molecule has 0 spiro atoms. The Morgan fingerprint density at radius 2 is 1.81 bits per heavy atom. The Morgan fingerprint density at radius 1 is 1.16 bits per heavy atom. The number of carbonyl (C=O) groups excluding carboxylic acids is 2. The van der Waals surface area contributed by atoms with Gasteiger partial charge in [-0.25, -0.2) is 12.8 Å². The summed E-state index contributed by atoms with van der Waals surface area (Å²) in [5, 5.41) is 2.67. The van der Waals surface area contributed by atoms with Crippen molar-refractivity contribution >= 4 is 43.5 Å². The molecule has 0 aliphatic carbocycles. The maximum Gasteiger partial charge on any atom is 0.244 e. The van der Waals surface area contributed by atoms with E-state index in [0.29, 0.717) is 22.3 Å². The zero-order valence-corrected chi connectivity index (χ0v) is 19.9. The van der Waals surface area contributed by atoms with Gasteiger partial charge in [0.05, 0.1) is 11.9 Å². The maximum atomic E-state index is 13.3. The minimum Gasteiger partial charge on any atom is -0.355 e. The summed E-state index contributed by atoms with van der Waals surface area (Å²) >= 11 is 3.30. The van der Waals surface area contributed by atoms with Crippen LogP contribution in [-0.4, -0.2) is 50.5 Å². The smallest absolute Gasteiger partial charge is 0.244 e. The molecule has 1 N–H and O–H groups in total. The Morgan fingerprint density at radius 3 is 2.35 bits per heavy atom. The highest BCUT2D eigenvalue weighted by Crippen LogP contribution is 2.23. The number of nitrogens with zero attached hydrogens (tertiary/aromatic N) is 2. The van der Waals surface area contributed by atoms with Crippen molar-refractivity contribution in [2.45, 2.75) is 26.4 Å². The fourth-order valence-corrected chi connectivity index (χ4v) is 4.16. The summed E-state index contributed by atoms with van der Waals surface area (Å²) in [6.45, 7) is 3.24. The summed E-state index contributed by atoms with van der Waals surface area (Å²) < 4.78 is 39.8. The molecule has 0 fully saturated rings. The van der Waals surface area contributed by atoms with Gasteiger partial charge in [-0.15, -0.1) is 0 Å². The number of rotatable bonds is 9. The van der Waals surface area contributed by atoms with Gasteiger partial charge in [-0.05, 0) is 49.7 Å². The van der Waals surface area contributed by atoms with Gasteiger partial charge in [-0.1, -0.05) is 34.1 Å². The molecular formula is C21H25BrFN3O4S. The third-order valence-electron chi connectivity index (χ3n) is 4.56. The van der Waals surface area contributed by atoms with Gasteiger partial charge in [0, 0.05) is 17.6 Å². The number of hydrogen-bond acceptors (Lipinski definition) is 4. The second-order valence-electron chi connectivity index (χ2n) is 6.97. The van der Waals surface area contributed by atoms with E-state index in [9.17, 15) is 22.4 Å². The molecule has 0 heterocycles. The summed E-state index contributed by atoms with van der Waals surface area (Å²) in [5.41, 5.74) is 0.928. The van der Waals surface area contributed by atoms with Crippen LogP contribution in [0.2, 0.25) is 0 Å². The van der Waals surface area contributed by atoms with Crippen LogP contribution >= 0.6 is 15.9 Å². The largest absolute Gasteiger partial charge is 0.355 e. The zero-order valence-electron chi connectivity index (χ0n) is 17.5. The molecule has 0 aliphatic rings. The van der Waals surface area contributed by atoms with Crippen LogP contribution in [0.3, 0.4) is 0 Å². The van der Waals surface area contributed by atoms with Gasteiger partial charge in [0.1, 0.15) is 18.4 Å². The topological polar surface area (TPSA) is 86.8 Å². The number of anilines is 1. The lowest BCUT2D eigenvalue weighted by Crippen LogP contribution is -2.51. The van der Waals surface area contributed by atoms with E-state index in [2.05, 4.69) is 21.2 Å². The van der Waals surface area contributed by atoms with E-state index in [-0.39, 0.29) is 12.5 Å². The number of benzene rings is 2. The van der Waals surface area contributed by atoms with Gasteiger partial charge in [-0.2, -0.15) is 0 Å². The second kappa shape index (κ2) is 10.7. The van der Waals surface area contributed by atoms with E-state index in [1.54, 1.807) is 38.1 Å². The van der Waals surface area contributed by atoms with Crippen molar-refractivity contribution in [3.63, 3.8) is 0 Å². The predicted molar refractivity (Wildman–Crippen MR) is 121 cm³/mol. The van der Waals surface area contributed by atoms with Crippen LogP contribution in [0.1, 0.15) is 19.4 Å². The lowest BCUT2D eigenvalue weighted by Gasteiger charge is -2.31. The molecule has 2 aromatic rings. The van der Waals surface area contributed by atoms with Crippen molar-refractivity contribution in [2.24, 2.45) is 0 Å². The number of hydrogen-bond donors (Lipinski definition) is 1. The van der Waals surface area contributed by atoms with Crippen molar-refractivity contribution in [2.75, 3.05) is 23.7 Å². The maximum absolute atomic E-state index is 13.3. The van der Waals surface area contributed by atoms with Crippen LogP contribution in [0.15, 0.2) is 53.0 Å². The van der Waals surface area contributed by atoms with E-state index in [1.807, 2.05) is 0 Å². The average molecular weight is 514 g/mol. The minimum atomic E-state index is -3.78. The van der Waals surface area contributed by atoms with Crippen LogP contribution in [0.5, 0.6) is 0 Å². The first-order valence-electron chi connectivity index (χ1n) is 9.57. The number of likely N-dealkylation sites (N-methyl/N-ethyl adjacent to an activating group) is 1. The number of amides is 2. The fourth-order valence-electron chi connectivity index (χ4n) is 2.94. The SMILES string of the molecule is CCNC(=O)C(C)N(Cc1ccc(F)cc1)C(=O)CN(c1cccc(Br)c1)S(C)(=O)=O. The number of carbonyl (C=O) groups is 2. The Bertz CT molecular complexity index is 1030. The van der Waals surface area contributed by atoms with Crippen LogP contribution < -0.4 is 9.62 Å². The van der Waals surface area contributed by atoms with Gasteiger partial charge in [0.15, 0.2) is 0 Å². The molecule has 0 radical (unpaired) electrons. The number of nitrogens with one attached hydrogen (secondary N) is 1. The highest BCUT2D eigenvalue weighted by Gasteiger charge is 2.29. The summed E-state index contributed by atoms with van der Waals surface area (Å²) in [6.07, 6.45) is 1.01. The molecule has 10 heteroatoms. The molecule has 2 amide bonds. The molecular weight excluding hydrogens is 489 g/mol. The highest BCUT2D eigenvalue weighted by atomic mass is 79.9. The molecule has 1 unspecified atom stereocenters. The van der Waals surface area contributed by atoms with E-state index in [1.165, 1.54) is 29.2 Å². The van der Waals surface area contributed by atoms with Crippen molar-refractivity contribution in [3.8, 4) is 0 Å². The molecule has 2 rings (SSSR count). The molecule has 0 saturated heterocycles. The normalized spacial score (nSPS) is 12.2. The lowest BCUT2D eigenvalue weighted by atomic mass is 10.1. The summed E-state index contributed by atoms with van der Waals surface area (Å²) in [4.78, 5) is 26.9. The number of halogens is 2. The first-order chi connectivity index (χ1) is 14.5. The van der Waals surface area contributed by atoms with Crippen LogP contribution in [0, 0.1) is 5.82 Å². The zero-order chi connectivity index (χ0) is 23.2. The van der Waals surface area contributed by atoms with Gasteiger partial charge in [0.2, 0.25) is 21.8 Å². The molecule has 0 aliphatic heterocycles. The first-order valence-corrected chi connectivity index (χ1v) is 12.2. The Balaban J connectivity index is 2.37. The van der Waals surface area contributed by atoms with Crippen molar-refractivity contribution < 1.29 is 22.4 Å². The van der Waals surface area contributed by atoms with E-state index >= 15 is 0 Å². The monoisotopic (exact) mass is 513 g/mol. The predicted octanol–water partition coefficient (Wildman–Crippen LogP) is 2.91. The van der Waals surface area contributed by atoms with Gasteiger partial charge < -0.3 is 10.2 Å². The van der Waals surface area contributed by atoms with Gasteiger partial charge in [0.25, 0.3) is 0 Å². The quantitative estimate of drug-likeness (QED) is 0.558. The summed E-state index contributed by atoms with van der Waals surface area (Å²) in [5.74, 6) is -1.35. The summed E-state index contributed by atoms with van der Waals surface area (Å²) in [7, 11) is -3.78. The molecule has 0 aromatic heterocycles. The van der Waals surface area contributed by atoms with Crippen molar-refractivity contribution in [1.82, 2.24) is 10.2 Å². The molecule has 0 bridgehead atoms. The third kappa shape index (κ3) is 7.03. The summed E-state index contributed by atoms with van der Waals surface area (Å²) in [6, 6.07) is 11.3. The van der Waals surface area contributed by atoms with Gasteiger partial charge >= 0.3 is 0 Å². The van der Waals surface area contributed by atoms with E-state index < -0.39 is 34.3 Å². The number of sulfonamides is 1. The first kappa shape index (κ1) is 24.8. The standard InChI is InChI=1S/C21H25BrFN3O4S/c1-4-24-21(28)15(2)25(13-16-8-10-18(23)11-9-16)20(27)14-26(31(3,29)30)19-7-5-6-17(22)12-19/h5-12,15H,4,13-14H2,1-3H3,(H,24,28). The van der Waals surface area contributed by atoms with Crippen LogP contribution in [0.25, 0.3) is 0 Å². The Hall–Kier alpha value is -2.46. The molecule has 0 saturated carbocycles. The molecule has 2 aromatic carbocycles. The lowest BCUT2D eigenvalue weighted by molar-refractivity contribution is -0.139. The average Bonchev–Trinajstić information content (AvgIpc) is 2.70. The fraction of sp³-hybridized carbons (Fsp3) is 0.333. The second-order valence-corrected chi connectivity index (χ2v) is 9.79. The van der Waals surface area contributed by atoms with Crippen LogP contribution in [-0.2, 0) is 26.2 Å². The molecule has 1 atom stereocenters. The minimum absolute atomic E-state index is 0.0213. The van der Waals surface area contributed by atoms with E-state index in [0.717, 1.165) is 10.6 Å². The Labute approximate surface area is 190 Å². The van der Waals surface area contributed by atoms with Crippen LogP contribution in [0.4, 0.5) is 10.1 Å². The molecule has 168 valence electrons. The highest BCUT2D eigenvalue weighted by molar-refractivity contribution is 9.10. The Kier molecular flexibility index (Phi) is 8.58. The van der Waals surface area contributed by atoms with Crippen molar-refractivity contribution in [3.05, 3.63) is 64.4 Å². The molecule has 31 heavy (non-hydrogen) atoms. The van der Waals surface area contributed by atoms with Crippen molar-refractivity contribution in [1.29, 1.82) is 0 Å².